The Hall–Kier alpha value is -5.95. The number of ether oxygens (including phenoxy) is 2. The molecular formula is C52H42O2Si2. The summed E-state index contributed by atoms with van der Waals surface area (Å²) in [6.07, 6.45) is 0. The van der Waals surface area contributed by atoms with Gasteiger partial charge in [-0.1, -0.05) is 159 Å². The maximum absolute atomic E-state index is 6.84. The Labute approximate surface area is 330 Å². The topological polar surface area (TPSA) is 18.5 Å². The van der Waals surface area contributed by atoms with Crippen molar-refractivity contribution in [3.8, 4) is 67.5 Å². The number of rotatable bonds is 4. The van der Waals surface area contributed by atoms with Gasteiger partial charge in [-0.3, -0.25) is 0 Å². The zero-order valence-electron chi connectivity index (χ0n) is 32.7. The van der Waals surface area contributed by atoms with Crippen LogP contribution >= 0.6 is 0 Å². The Bertz CT molecular complexity index is 3110. The average molecular weight is 755 g/mol. The first-order valence-corrected chi connectivity index (χ1v) is 26.8. The standard InChI is InChI=1S/C52H42O2Si2/c1-55(2,3)32-22-25-44-43(30-32)40-19-11-18-39-41(24-26-45(53-44)51(39)40)50-37-15-9-7-13-35(37)49(36-14-8-10-16-38(36)50)31-21-23-33-34-17-12-20-42-48(56(4,5)6)28-27-46(52(34)42)54-47(33)29-31/h7-30H,1-6H3. The van der Waals surface area contributed by atoms with Crippen molar-refractivity contribution in [2.45, 2.75) is 39.3 Å². The molecule has 2 heterocycles. The van der Waals surface area contributed by atoms with Crippen molar-refractivity contribution in [2.75, 3.05) is 0 Å². The summed E-state index contributed by atoms with van der Waals surface area (Å²) in [6, 6.07) is 54.0. The van der Waals surface area contributed by atoms with E-state index in [0.717, 1.165) is 34.1 Å². The van der Waals surface area contributed by atoms with Crippen LogP contribution in [0.2, 0.25) is 39.3 Å². The molecular weight excluding hydrogens is 713 g/mol. The van der Waals surface area contributed by atoms with Gasteiger partial charge in [0.1, 0.15) is 23.0 Å². The van der Waals surface area contributed by atoms with Crippen LogP contribution < -0.4 is 19.8 Å². The Balaban J connectivity index is 1.13. The summed E-state index contributed by atoms with van der Waals surface area (Å²) >= 11 is 0. The van der Waals surface area contributed by atoms with Crippen LogP contribution in [0.15, 0.2) is 146 Å². The molecule has 0 atom stereocenters. The van der Waals surface area contributed by atoms with E-state index >= 15 is 0 Å². The summed E-state index contributed by atoms with van der Waals surface area (Å²) in [5, 5.41) is 12.8. The molecule has 2 nitrogen and oxygen atoms in total. The summed E-state index contributed by atoms with van der Waals surface area (Å²) in [6.45, 7) is 14.5. The van der Waals surface area contributed by atoms with Gasteiger partial charge in [0.05, 0.1) is 16.1 Å². The third-order valence-electron chi connectivity index (χ3n) is 12.1. The monoisotopic (exact) mass is 754 g/mol. The smallest absolute Gasteiger partial charge is 0.135 e. The van der Waals surface area contributed by atoms with Crippen LogP contribution in [0.4, 0.5) is 0 Å². The second-order valence-electron chi connectivity index (χ2n) is 17.6. The van der Waals surface area contributed by atoms with Crippen LogP contribution in [0.5, 0.6) is 23.0 Å². The van der Waals surface area contributed by atoms with Crippen molar-refractivity contribution in [3.05, 3.63) is 146 Å². The van der Waals surface area contributed by atoms with Crippen molar-refractivity contribution >= 4 is 69.6 Å². The van der Waals surface area contributed by atoms with Crippen molar-refractivity contribution in [3.63, 3.8) is 0 Å². The number of hydrogen-bond acceptors (Lipinski definition) is 2. The van der Waals surface area contributed by atoms with Crippen LogP contribution in [-0.4, -0.2) is 16.1 Å². The van der Waals surface area contributed by atoms with Crippen LogP contribution in [0.3, 0.4) is 0 Å². The number of fused-ring (bicyclic) bond motifs is 6. The van der Waals surface area contributed by atoms with Crippen molar-refractivity contribution in [2.24, 2.45) is 0 Å². The molecule has 0 unspecified atom stereocenters. The molecule has 0 amide bonds. The molecule has 2 aliphatic heterocycles. The van der Waals surface area contributed by atoms with E-state index in [-0.39, 0.29) is 0 Å². The average Bonchev–Trinajstić information content (AvgIpc) is 3.19. The lowest BCUT2D eigenvalue weighted by Gasteiger charge is -2.26. The first kappa shape index (κ1) is 33.4. The zero-order chi connectivity index (χ0) is 38.1. The fraction of sp³-hybridized carbons (Fsp3) is 0.115. The molecule has 0 bridgehead atoms. The number of benzene rings is 9. The predicted octanol–water partition coefficient (Wildman–Crippen LogP) is 14.3. The molecule has 0 fully saturated rings. The van der Waals surface area contributed by atoms with E-state index in [1.807, 2.05) is 0 Å². The van der Waals surface area contributed by atoms with Crippen molar-refractivity contribution in [1.82, 2.24) is 0 Å². The minimum Gasteiger partial charge on any atom is -0.456 e. The van der Waals surface area contributed by atoms with E-state index in [4.69, 9.17) is 9.47 Å². The number of hydrogen-bond donors (Lipinski definition) is 0. The highest BCUT2D eigenvalue weighted by Gasteiger charge is 2.28. The summed E-state index contributed by atoms with van der Waals surface area (Å²) in [4.78, 5) is 0. The third kappa shape index (κ3) is 4.85. The van der Waals surface area contributed by atoms with E-state index < -0.39 is 16.1 Å². The van der Waals surface area contributed by atoms with Gasteiger partial charge in [0.15, 0.2) is 0 Å². The minimum atomic E-state index is -1.56. The van der Waals surface area contributed by atoms with Gasteiger partial charge in [-0.25, -0.2) is 0 Å². The molecule has 9 aromatic carbocycles. The van der Waals surface area contributed by atoms with Gasteiger partial charge in [-0.2, -0.15) is 0 Å². The van der Waals surface area contributed by atoms with Gasteiger partial charge in [0.25, 0.3) is 0 Å². The molecule has 0 spiro atoms. The van der Waals surface area contributed by atoms with E-state index in [2.05, 4.69) is 185 Å². The highest BCUT2D eigenvalue weighted by molar-refractivity contribution is 6.90. The first-order valence-electron chi connectivity index (χ1n) is 19.8. The summed E-state index contributed by atoms with van der Waals surface area (Å²) in [5.41, 5.74) is 9.67. The molecule has 11 rings (SSSR count). The van der Waals surface area contributed by atoms with E-state index in [0.29, 0.717) is 0 Å². The van der Waals surface area contributed by atoms with Crippen LogP contribution in [0.25, 0.3) is 87.6 Å². The highest BCUT2D eigenvalue weighted by atomic mass is 28.3. The van der Waals surface area contributed by atoms with E-state index in [1.165, 1.54) is 86.8 Å². The molecule has 0 radical (unpaired) electrons. The molecule has 56 heavy (non-hydrogen) atoms. The van der Waals surface area contributed by atoms with Crippen LogP contribution in [0.1, 0.15) is 0 Å². The van der Waals surface area contributed by atoms with Gasteiger partial charge < -0.3 is 9.47 Å². The van der Waals surface area contributed by atoms with Gasteiger partial charge in [0.2, 0.25) is 0 Å². The summed E-state index contributed by atoms with van der Waals surface area (Å²) in [7, 11) is -3.09. The second-order valence-corrected chi connectivity index (χ2v) is 27.8. The van der Waals surface area contributed by atoms with E-state index in [1.54, 1.807) is 0 Å². The predicted molar refractivity (Wildman–Crippen MR) is 244 cm³/mol. The molecule has 270 valence electrons. The molecule has 2 aliphatic rings. The Morgan fingerprint density at radius 2 is 0.875 bits per heavy atom. The summed E-state index contributed by atoms with van der Waals surface area (Å²) < 4.78 is 13.5. The molecule has 9 aromatic rings. The lowest BCUT2D eigenvalue weighted by atomic mass is 9.83. The lowest BCUT2D eigenvalue weighted by molar-refractivity contribution is 0.487. The van der Waals surface area contributed by atoms with Gasteiger partial charge in [0, 0.05) is 21.9 Å². The maximum Gasteiger partial charge on any atom is 0.135 e. The maximum atomic E-state index is 6.84. The van der Waals surface area contributed by atoms with Crippen LogP contribution in [0, 0.1) is 0 Å². The third-order valence-corrected chi connectivity index (χ3v) is 16.2. The van der Waals surface area contributed by atoms with Crippen LogP contribution in [-0.2, 0) is 0 Å². The Kier molecular flexibility index (Phi) is 7.03. The molecule has 0 saturated heterocycles. The largest absolute Gasteiger partial charge is 0.456 e. The van der Waals surface area contributed by atoms with Crippen molar-refractivity contribution < 1.29 is 9.47 Å². The highest BCUT2D eigenvalue weighted by Crippen LogP contribution is 2.53. The molecule has 4 heteroatoms. The van der Waals surface area contributed by atoms with Gasteiger partial charge in [-0.05, 0) is 102 Å². The first-order chi connectivity index (χ1) is 27.0. The second kappa shape index (κ2) is 11.8. The summed E-state index contributed by atoms with van der Waals surface area (Å²) in [5.74, 6) is 3.70. The SMILES string of the molecule is C[Si](C)(C)c1ccc2c(c1)-c1cccc3c(-c4c5ccccc5c(-c5ccc6c(c5)Oc5ccc([Si](C)(C)C)c7cccc-6c57)c5ccccc45)ccc(c13)O2. The quantitative estimate of drug-likeness (QED) is 0.132. The molecule has 0 aromatic heterocycles. The molecule has 0 N–H and O–H groups in total. The minimum absolute atomic E-state index is 0.904. The Morgan fingerprint density at radius 1 is 0.339 bits per heavy atom. The van der Waals surface area contributed by atoms with Gasteiger partial charge in [-0.15, -0.1) is 0 Å². The normalized spacial score (nSPS) is 13.1. The van der Waals surface area contributed by atoms with Crippen molar-refractivity contribution in [1.29, 1.82) is 0 Å². The fourth-order valence-corrected chi connectivity index (χ4v) is 12.2. The fourth-order valence-electron chi connectivity index (χ4n) is 9.49. The zero-order valence-corrected chi connectivity index (χ0v) is 34.7. The Morgan fingerprint density at radius 3 is 1.54 bits per heavy atom. The molecule has 0 saturated carbocycles. The molecule has 0 aliphatic carbocycles. The van der Waals surface area contributed by atoms with E-state index in [9.17, 15) is 0 Å². The van der Waals surface area contributed by atoms with Gasteiger partial charge >= 0.3 is 0 Å². The lowest BCUT2D eigenvalue weighted by Crippen LogP contribution is -2.38.